The van der Waals surface area contributed by atoms with Crippen molar-refractivity contribution in [2.75, 3.05) is 0 Å². The molecule has 0 aliphatic heterocycles. The molecule has 1 fully saturated rings. The first-order chi connectivity index (χ1) is 8.59. The second-order valence-corrected chi connectivity index (χ2v) is 5.82. The van der Waals surface area contributed by atoms with Crippen LogP contribution in [-0.4, -0.2) is 5.38 Å². The van der Waals surface area contributed by atoms with Gasteiger partial charge >= 0.3 is 0 Å². The SMILES string of the molecule is CCC1(C(Cl)Cc2c(F)cccc2F)CCCC1. The molecule has 1 atom stereocenters. The number of benzene rings is 1. The van der Waals surface area contributed by atoms with Gasteiger partial charge in [-0.05, 0) is 43.2 Å². The summed E-state index contributed by atoms with van der Waals surface area (Å²) in [5, 5.41) is -0.184. The van der Waals surface area contributed by atoms with Crippen LogP contribution in [0.5, 0.6) is 0 Å². The summed E-state index contributed by atoms with van der Waals surface area (Å²) >= 11 is 6.49. The van der Waals surface area contributed by atoms with E-state index >= 15 is 0 Å². The lowest BCUT2D eigenvalue weighted by Crippen LogP contribution is -2.30. The highest BCUT2D eigenvalue weighted by Crippen LogP contribution is 2.47. The number of rotatable bonds is 4. The first kappa shape index (κ1) is 13.8. The fraction of sp³-hybridized carbons (Fsp3) is 0.600. The zero-order chi connectivity index (χ0) is 13.2. The summed E-state index contributed by atoms with van der Waals surface area (Å²) in [5.74, 6) is -0.963. The van der Waals surface area contributed by atoms with Crippen molar-refractivity contribution in [2.45, 2.75) is 50.8 Å². The molecule has 1 aliphatic rings. The molecule has 18 heavy (non-hydrogen) atoms. The molecule has 0 nitrogen and oxygen atoms in total. The van der Waals surface area contributed by atoms with Crippen molar-refractivity contribution in [3.63, 3.8) is 0 Å². The molecule has 0 N–H and O–H groups in total. The van der Waals surface area contributed by atoms with E-state index in [1.165, 1.54) is 31.0 Å². The van der Waals surface area contributed by atoms with E-state index in [0.717, 1.165) is 19.3 Å². The molecule has 0 amide bonds. The summed E-state index contributed by atoms with van der Waals surface area (Å²) < 4.78 is 27.3. The molecular weight excluding hydrogens is 254 g/mol. The van der Waals surface area contributed by atoms with E-state index < -0.39 is 11.6 Å². The minimum absolute atomic E-state index is 0.0658. The fourth-order valence-corrected chi connectivity index (χ4v) is 3.62. The molecule has 1 unspecified atom stereocenters. The van der Waals surface area contributed by atoms with Crippen LogP contribution in [0, 0.1) is 17.0 Å². The summed E-state index contributed by atoms with van der Waals surface area (Å²) in [4.78, 5) is 0. The Bertz CT molecular complexity index is 391. The van der Waals surface area contributed by atoms with Gasteiger partial charge in [-0.3, -0.25) is 0 Å². The second-order valence-electron chi connectivity index (χ2n) is 5.29. The average Bonchev–Trinajstić information content (AvgIpc) is 2.84. The summed E-state index contributed by atoms with van der Waals surface area (Å²) in [7, 11) is 0. The molecule has 3 heteroatoms. The summed E-state index contributed by atoms with van der Waals surface area (Å²) in [5.41, 5.74) is 0.202. The summed E-state index contributed by atoms with van der Waals surface area (Å²) in [6.45, 7) is 2.12. The van der Waals surface area contributed by atoms with Gasteiger partial charge in [0.15, 0.2) is 0 Å². The Kier molecular flexibility index (Phi) is 4.26. The van der Waals surface area contributed by atoms with Crippen LogP contribution in [0.25, 0.3) is 0 Å². The molecule has 1 aromatic rings. The third-order valence-electron chi connectivity index (χ3n) is 4.41. The molecular formula is C15H19ClF2. The fourth-order valence-electron chi connectivity index (χ4n) is 3.09. The van der Waals surface area contributed by atoms with Crippen molar-refractivity contribution in [1.82, 2.24) is 0 Å². The molecule has 100 valence electrons. The van der Waals surface area contributed by atoms with E-state index in [-0.39, 0.29) is 22.8 Å². The van der Waals surface area contributed by atoms with Crippen molar-refractivity contribution in [2.24, 2.45) is 5.41 Å². The lowest BCUT2D eigenvalue weighted by atomic mass is 9.77. The molecule has 0 spiro atoms. The third kappa shape index (κ3) is 2.54. The predicted molar refractivity (Wildman–Crippen MR) is 70.9 cm³/mol. The van der Waals surface area contributed by atoms with Crippen molar-refractivity contribution in [3.8, 4) is 0 Å². The smallest absolute Gasteiger partial charge is 0.129 e. The van der Waals surface area contributed by atoms with Crippen LogP contribution < -0.4 is 0 Å². The highest BCUT2D eigenvalue weighted by Gasteiger charge is 2.39. The normalized spacial score (nSPS) is 20.0. The molecule has 2 rings (SSSR count). The van der Waals surface area contributed by atoms with Crippen LogP contribution in [0.15, 0.2) is 18.2 Å². The Morgan fingerprint density at radius 1 is 1.22 bits per heavy atom. The predicted octanol–water partition coefficient (Wildman–Crippen LogP) is 5.09. The molecule has 1 saturated carbocycles. The van der Waals surface area contributed by atoms with Crippen molar-refractivity contribution in [3.05, 3.63) is 35.4 Å². The Morgan fingerprint density at radius 2 is 1.78 bits per heavy atom. The summed E-state index contributed by atoms with van der Waals surface area (Å²) in [6.07, 6.45) is 5.78. The zero-order valence-electron chi connectivity index (χ0n) is 10.7. The number of hydrogen-bond acceptors (Lipinski definition) is 0. The minimum atomic E-state index is -0.482. The zero-order valence-corrected chi connectivity index (χ0v) is 11.4. The van der Waals surface area contributed by atoms with Crippen LogP contribution in [0.4, 0.5) is 8.78 Å². The summed E-state index contributed by atoms with van der Waals surface area (Å²) in [6, 6.07) is 3.99. The molecule has 0 aromatic heterocycles. The van der Waals surface area contributed by atoms with Crippen LogP contribution in [0.3, 0.4) is 0 Å². The van der Waals surface area contributed by atoms with Crippen LogP contribution >= 0.6 is 11.6 Å². The van der Waals surface area contributed by atoms with E-state index in [2.05, 4.69) is 6.92 Å². The van der Waals surface area contributed by atoms with Gasteiger partial charge in [0.05, 0.1) is 0 Å². The van der Waals surface area contributed by atoms with Crippen LogP contribution in [0.2, 0.25) is 0 Å². The largest absolute Gasteiger partial charge is 0.207 e. The Balaban J connectivity index is 2.18. The number of halogens is 3. The monoisotopic (exact) mass is 272 g/mol. The van der Waals surface area contributed by atoms with Gasteiger partial charge in [-0.15, -0.1) is 11.6 Å². The van der Waals surface area contributed by atoms with Crippen LogP contribution in [-0.2, 0) is 6.42 Å². The lowest BCUT2D eigenvalue weighted by Gasteiger charge is -2.33. The van der Waals surface area contributed by atoms with Gasteiger partial charge in [-0.1, -0.05) is 25.8 Å². The van der Waals surface area contributed by atoms with Gasteiger partial charge in [-0.2, -0.15) is 0 Å². The van der Waals surface area contributed by atoms with Crippen molar-refractivity contribution in [1.29, 1.82) is 0 Å². The van der Waals surface area contributed by atoms with Gasteiger partial charge in [0.1, 0.15) is 11.6 Å². The molecule has 1 aliphatic carbocycles. The molecule has 1 aromatic carbocycles. The van der Waals surface area contributed by atoms with E-state index in [4.69, 9.17) is 11.6 Å². The lowest BCUT2D eigenvalue weighted by molar-refractivity contribution is 0.265. The van der Waals surface area contributed by atoms with Gasteiger partial charge in [0.2, 0.25) is 0 Å². The minimum Gasteiger partial charge on any atom is -0.207 e. The van der Waals surface area contributed by atoms with Crippen molar-refractivity contribution < 1.29 is 8.78 Å². The average molecular weight is 273 g/mol. The van der Waals surface area contributed by atoms with E-state index in [0.29, 0.717) is 0 Å². The quantitative estimate of drug-likeness (QED) is 0.670. The van der Waals surface area contributed by atoms with E-state index in [1.807, 2.05) is 0 Å². The van der Waals surface area contributed by atoms with E-state index in [1.54, 1.807) is 0 Å². The van der Waals surface area contributed by atoms with Gasteiger partial charge in [0.25, 0.3) is 0 Å². The molecule has 0 saturated heterocycles. The Labute approximate surface area is 112 Å². The first-order valence-corrected chi connectivity index (χ1v) is 7.09. The van der Waals surface area contributed by atoms with Gasteiger partial charge < -0.3 is 0 Å². The molecule has 0 heterocycles. The maximum atomic E-state index is 13.6. The maximum Gasteiger partial charge on any atom is 0.129 e. The van der Waals surface area contributed by atoms with Gasteiger partial charge in [-0.25, -0.2) is 8.78 Å². The standard InChI is InChI=1S/C15H19ClF2/c1-2-15(8-3-4-9-15)14(16)10-11-12(17)6-5-7-13(11)18/h5-7,14H,2-4,8-10H2,1H3. The highest BCUT2D eigenvalue weighted by molar-refractivity contribution is 6.21. The molecule has 0 bridgehead atoms. The van der Waals surface area contributed by atoms with Crippen molar-refractivity contribution >= 4 is 11.6 Å². The Morgan fingerprint density at radius 3 is 2.28 bits per heavy atom. The third-order valence-corrected chi connectivity index (χ3v) is 5.03. The number of alkyl halides is 1. The maximum absolute atomic E-state index is 13.6. The second kappa shape index (κ2) is 5.56. The molecule has 0 radical (unpaired) electrons. The topological polar surface area (TPSA) is 0 Å². The first-order valence-electron chi connectivity index (χ1n) is 6.66. The highest BCUT2D eigenvalue weighted by atomic mass is 35.5. The van der Waals surface area contributed by atoms with Gasteiger partial charge in [0, 0.05) is 10.9 Å². The van der Waals surface area contributed by atoms with E-state index in [9.17, 15) is 8.78 Å². The van der Waals surface area contributed by atoms with Crippen LogP contribution in [0.1, 0.15) is 44.6 Å². The number of hydrogen-bond donors (Lipinski definition) is 0. The Hall–Kier alpha value is -0.630.